The smallest absolute Gasteiger partial charge is 0.257 e. The zero-order valence-corrected chi connectivity index (χ0v) is 17.2. The lowest BCUT2D eigenvalue weighted by Gasteiger charge is -2.27. The molecule has 0 N–H and O–H groups in total. The number of likely N-dealkylation sites (N-methyl/N-ethyl adjacent to an activating group) is 1. The van der Waals surface area contributed by atoms with E-state index in [-0.39, 0.29) is 23.8 Å². The van der Waals surface area contributed by atoms with Gasteiger partial charge in [0, 0.05) is 12.5 Å². The molecule has 148 valence electrons. The molecule has 0 spiro atoms. The molecule has 5 heteroatoms. The van der Waals surface area contributed by atoms with Crippen LogP contribution >= 0.6 is 0 Å². The molecule has 3 rings (SSSR count). The van der Waals surface area contributed by atoms with Gasteiger partial charge in [-0.1, -0.05) is 35.9 Å². The Bertz CT molecular complexity index is 889. The SMILES string of the molecule is Cc1ccc(C)c(C2CC(c3ccc(F)cc3)=NN2C(=O)CN(C)C(C)C)c1. The molecular formula is C23H28FN3O. The van der Waals surface area contributed by atoms with E-state index in [0.717, 1.165) is 28.0 Å². The van der Waals surface area contributed by atoms with Crippen LogP contribution in [-0.2, 0) is 4.79 Å². The van der Waals surface area contributed by atoms with Crippen molar-refractivity contribution < 1.29 is 9.18 Å². The Labute approximate surface area is 166 Å². The van der Waals surface area contributed by atoms with Gasteiger partial charge in [-0.25, -0.2) is 9.40 Å². The minimum Gasteiger partial charge on any atom is -0.295 e. The van der Waals surface area contributed by atoms with Gasteiger partial charge in [0.1, 0.15) is 5.82 Å². The molecule has 0 radical (unpaired) electrons. The molecule has 28 heavy (non-hydrogen) atoms. The van der Waals surface area contributed by atoms with Crippen LogP contribution in [0.1, 0.15) is 48.6 Å². The number of hydrazone groups is 1. The van der Waals surface area contributed by atoms with Gasteiger partial charge < -0.3 is 0 Å². The fraction of sp³-hybridized carbons (Fsp3) is 0.391. The first-order valence-corrected chi connectivity index (χ1v) is 9.69. The van der Waals surface area contributed by atoms with Crippen LogP contribution in [0, 0.1) is 19.7 Å². The number of benzene rings is 2. The summed E-state index contributed by atoms with van der Waals surface area (Å²) in [5.41, 5.74) is 5.07. The molecule has 1 heterocycles. The summed E-state index contributed by atoms with van der Waals surface area (Å²) in [4.78, 5) is 15.1. The maximum atomic E-state index is 13.3. The molecule has 4 nitrogen and oxygen atoms in total. The number of amides is 1. The van der Waals surface area contributed by atoms with E-state index in [4.69, 9.17) is 0 Å². The number of hydrogen-bond acceptors (Lipinski definition) is 3. The standard InChI is InChI=1S/C23H28FN3O/c1-15(2)26(5)14-23(28)27-22(20-12-16(3)6-7-17(20)4)13-21(25-27)18-8-10-19(24)11-9-18/h6-12,15,22H,13-14H2,1-5H3. The molecule has 1 aliphatic heterocycles. The number of halogens is 1. The highest BCUT2D eigenvalue weighted by Crippen LogP contribution is 2.35. The third-order valence-electron chi connectivity index (χ3n) is 5.40. The number of carbonyl (C=O) groups excluding carboxylic acids is 1. The summed E-state index contributed by atoms with van der Waals surface area (Å²) in [7, 11) is 1.94. The molecule has 1 amide bonds. The van der Waals surface area contributed by atoms with Crippen LogP contribution in [0.5, 0.6) is 0 Å². The topological polar surface area (TPSA) is 35.9 Å². The highest BCUT2D eigenvalue weighted by Gasteiger charge is 2.34. The Hall–Kier alpha value is -2.53. The summed E-state index contributed by atoms with van der Waals surface area (Å²) in [6, 6.07) is 12.7. The van der Waals surface area contributed by atoms with Crippen LogP contribution in [0.4, 0.5) is 4.39 Å². The number of carbonyl (C=O) groups is 1. The molecule has 1 atom stereocenters. The van der Waals surface area contributed by atoms with Crippen LogP contribution in [0.25, 0.3) is 0 Å². The van der Waals surface area contributed by atoms with E-state index < -0.39 is 0 Å². The van der Waals surface area contributed by atoms with Crippen molar-refractivity contribution in [2.75, 3.05) is 13.6 Å². The molecule has 1 aliphatic rings. The monoisotopic (exact) mass is 381 g/mol. The van der Waals surface area contributed by atoms with Gasteiger partial charge in [0.05, 0.1) is 18.3 Å². The zero-order chi connectivity index (χ0) is 20.4. The maximum absolute atomic E-state index is 13.3. The van der Waals surface area contributed by atoms with Gasteiger partial charge in [0.15, 0.2) is 0 Å². The summed E-state index contributed by atoms with van der Waals surface area (Å²) in [5, 5.41) is 6.30. The number of aryl methyl sites for hydroxylation is 2. The van der Waals surface area contributed by atoms with E-state index in [1.807, 2.05) is 11.9 Å². The third-order valence-corrected chi connectivity index (χ3v) is 5.40. The first kappa shape index (κ1) is 20.2. The molecule has 0 bridgehead atoms. The van der Waals surface area contributed by atoms with Gasteiger partial charge in [-0.15, -0.1) is 0 Å². The minimum absolute atomic E-state index is 0.0285. The fourth-order valence-corrected chi connectivity index (χ4v) is 3.39. The molecule has 2 aromatic rings. The van der Waals surface area contributed by atoms with E-state index in [1.165, 1.54) is 12.1 Å². The molecule has 0 aliphatic carbocycles. The van der Waals surface area contributed by atoms with Crippen molar-refractivity contribution in [1.82, 2.24) is 9.91 Å². The largest absolute Gasteiger partial charge is 0.295 e. The van der Waals surface area contributed by atoms with Gasteiger partial charge >= 0.3 is 0 Å². The second kappa shape index (κ2) is 8.23. The number of rotatable bonds is 5. The van der Waals surface area contributed by atoms with Crippen molar-refractivity contribution in [3.05, 3.63) is 70.5 Å². The summed E-state index contributed by atoms with van der Waals surface area (Å²) in [6.45, 7) is 8.55. The summed E-state index contributed by atoms with van der Waals surface area (Å²) < 4.78 is 13.3. The van der Waals surface area contributed by atoms with Crippen LogP contribution in [0.15, 0.2) is 47.6 Å². The lowest BCUT2D eigenvalue weighted by molar-refractivity contribution is -0.134. The van der Waals surface area contributed by atoms with Gasteiger partial charge in [-0.2, -0.15) is 5.10 Å². The van der Waals surface area contributed by atoms with Crippen molar-refractivity contribution in [2.45, 2.75) is 46.2 Å². The Kier molecular flexibility index (Phi) is 5.94. The number of nitrogens with zero attached hydrogens (tertiary/aromatic N) is 3. The maximum Gasteiger partial charge on any atom is 0.257 e. The Morgan fingerprint density at radius 2 is 1.89 bits per heavy atom. The average molecular weight is 381 g/mol. The lowest BCUT2D eigenvalue weighted by atomic mass is 9.94. The van der Waals surface area contributed by atoms with Crippen LogP contribution in [0.2, 0.25) is 0 Å². The van der Waals surface area contributed by atoms with E-state index in [1.54, 1.807) is 17.1 Å². The molecule has 0 aromatic heterocycles. The molecule has 2 aromatic carbocycles. The van der Waals surface area contributed by atoms with Crippen LogP contribution < -0.4 is 0 Å². The van der Waals surface area contributed by atoms with Crippen molar-refractivity contribution in [3.63, 3.8) is 0 Å². The van der Waals surface area contributed by atoms with E-state index in [0.29, 0.717) is 13.0 Å². The lowest BCUT2D eigenvalue weighted by Crippen LogP contribution is -2.39. The van der Waals surface area contributed by atoms with E-state index >= 15 is 0 Å². The van der Waals surface area contributed by atoms with Gasteiger partial charge in [0.25, 0.3) is 5.91 Å². The van der Waals surface area contributed by atoms with Gasteiger partial charge in [-0.05, 0) is 63.6 Å². The Balaban J connectivity index is 1.96. The normalized spacial score (nSPS) is 16.8. The zero-order valence-electron chi connectivity index (χ0n) is 17.2. The first-order valence-electron chi connectivity index (χ1n) is 9.69. The van der Waals surface area contributed by atoms with Crippen molar-refractivity contribution >= 4 is 11.6 Å². The minimum atomic E-state index is -0.278. The number of hydrogen-bond donors (Lipinski definition) is 0. The summed E-state index contributed by atoms with van der Waals surface area (Å²) >= 11 is 0. The summed E-state index contributed by atoms with van der Waals surface area (Å²) in [5.74, 6) is -0.306. The Morgan fingerprint density at radius 3 is 2.54 bits per heavy atom. The quantitative estimate of drug-likeness (QED) is 0.767. The fourth-order valence-electron chi connectivity index (χ4n) is 3.39. The molecular weight excluding hydrogens is 353 g/mol. The predicted molar refractivity (Wildman–Crippen MR) is 111 cm³/mol. The molecule has 0 fully saturated rings. The highest BCUT2D eigenvalue weighted by molar-refractivity contribution is 6.03. The van der Waals surface area contributed by atoms with Crippen molar-refractivity contribution in [2.24, 2.45) is 5.10 Å². The first-order chi connectivity index (χ1) is 13.3. The van der Waals surface area contributed by atoms with Crippen LogP contribution in [0.3, 0.4) is 0 Å². The predicted octanol–water partition coefficient (Wildman–Crippen LogP) is 4.46. The van der Waals surface area contributed by atoms with E-state index in [2.05, 4.69) is 51.0 Å². The van der Waals surface area contributed by atoms with Gasteiger partial charge in [0.2, 0.25) is 0 Å². The second-order valence-electron chi connectivity index (χ2n) is 7.88. The van der Waals surface area contributed by atoms with Crippen molar-refractivity contribution in [3.8, 4) is 0 Å². The molecule has 0 saturated heterocycles. The molecule has 0 saturated carbocycles. The highest BCUT2D eigenvalue weighted by atomic mass is 19.1. The van der Waals surface area contributed by atoms with Crippen LogP contribution in [-0.4, -0.2) is 41.2 Å². The van der Waals surface area contributed by atoms with Gasteiger partial charge in [-0.3, -0.25) is 9.69 Å². The second-order valence-corrected chi connectivity index (χ2v) is 7.88. The Morgan fingerprint density at radius 1 is 1.21 bits per heavy atom. The summed E-state index contributed by atoms with van der Waals surface area (Å²) in [6.07, 6.45) is 0.618. The molecule has 1 unspecified atom stereocenters. The third kappa shape index (κ3) is 4.30. The average Bonchev–Trinajstić information content (AvgIpc) is 3.09. The van der Waals surface area contributed by atoms with E-state index in [9.17, 15) is 9.18 Å². The van der Waals surface area contributed by atoms with Crippen molar-refractivity contribution in [1.29, 1.82) is 0 Å².